The predicted molar refractivity (Wildman–Crippen MR) is 108 cm³/mol. The van der Waals surface area contributed by atoms with Crippen LogP contribution in [0.1, 0.15) is 17.4 Å². The molecule has 3 N–H and O–H groups in total. The Morgan fingerprint density at radius 1 is 1.04 bits per heavy atom. The van der Waals surface area contributed by atoms with Crippen molar-refractivity contribution in [2.24, 2.45) is 0 Å². The van der Waals surface area contributed by atoms with Crippen molar-refractivity contribution in [3.8, 4) is 0 Å². The molecule has 1 unspecified atom stereocenters. The summed E-state index contributed by atoms with van der Waals surface area (Å²) in [5.41, 5.74) is 1.85. The number of aryl methyl sites for hydroxylation is 1. The molecule has 0 aliphatic heterocycles. The van der Waals surface area contributed by atoms with Crippen LogP contribution < -0.4 is 15.4 Å². The molecule has 3 aromatic rings. The number of carbonyl (C=O) groups is 1. The zero-order chi connectivity index (χ0) is 20.1. The highest BCUT2D eigenvalue weighted by molar-refractivity contribution is 7.92. The van der Waals surface area contributed by atoms with Gasteiger partial charge in [0.1, 0.15) is 11.8 Å². The largest absolute Gasteiger partial charge is 0.370 e. The second-order valence-corrected chi connectivity index (χ2v) is 8.00. The first kappa shape index (κ1) is 19.4. The highest BCUT2D eigenvalue weighted by Crippen LogP contribution is 2.23. The topological polar surface area (TPSA) is 113 Å². The Morgan fingerprint density at radius 3 is 2.25 bits per heavy atom. The zero-order valence-electron chi connectivity index (χ0n) is 15.3. The summed E-state index contributed by atoms with van der Waals surface area (Å²) in [4.78, 5) is 12.8. The molecule has 1 aromatic heterocycles. The maximum absolute atomic E-state index is 12.8. The molecule has 0 spiro atoms. The molecule has 0 aliphatic rings. The fraction of sp³-hybridized carbons (Fsp3) is 0.158. The molecule has 9 heteroatoms. The van der Waals surface area contributed by atoms with Gasteiger partial charge >= 0.3 is 0 Å². The number of hydrogen-bond acceptors (Lipinski definition) is 6. The number of rotatable bonds is 7. The first-order valence-corrected chi connectivity index (χ1v) is 10.3. The summed E-state index contributed by atoms with van der Waals surface area (Å²) in [6.45, 7) is 1.74. The van der Waals surface area contributed by atoms with Crippen LogP contribution in [0.5, 0.6) is 0 Å². The van der Waals surface area contributed by atoms with Gasteiger partial charge in [0, 0.05) is 17.4 Å². The lowest BCUT2D eigenvalue weighted by Gasteiger charge is -2.19. The van der Waals surface area contributed by atoms with Crippen LogP contribution in [0.15, 0.2) is 65.2 Å². The van der Waals surface area contributed by atoms with E-state index in [1.165, 1.54) is 0 Å². The predicted octanol–water partition coefficient (Wildman–Crippen LogP) is 3.15. The van der Waals surface area contributed by atoms with E-state index < -0.39 is 16.1 Å². The van der Waals surface area contributed by atoms with Crippen LogP contribution in [-0.2, 0) is 14.8 Å². The van der Waals surface area contributed by atoms with E-state index in [-0.39, 0.29) is 5.91 Å². The van der Waals surface area contributed by atoms with E-state index in [0.29, 0.717) is 23.0 Å². The van der Waals surface area contributed by atoms with Crippen molar-refractivity contribution < 1.29 is 17.7 Å². The maximum Gasteiger partial charge on any atom is 0.252 e. The van der Waals surface area contributed by atoms with E-state index in [1.807, 2.05) is 30.3 Å². The Morgan fingerprint density at radius 2 is 1.68 bits per heavy atom. The van der Waals surface area contributed by atoms with Crippen LogP contribution >= 0.6 is 0 Å². The molecule has 2 aromatic carbocycles. The van der Waals surface area contributed by atoms with E-state index in [4.69, 9.17) is 4.52 Å². The molecule has 146 valence electrons. The average Bonchev–Trinajstić information content (AvgIpc) is 3.05. The third kappa shape index (κ3) is 5.34. The van der Waals surface area contributed by atoms with Gasteiger partial charge in [-0.3, -0.25) is 9.52 Å². The first-order chi connectivity index (χ1) is 13.3. The molecule has 28 heavy (non-hydrogen) atoms. The number of aromatic nitrogens is 1. The van der Waals surface area contributed by atoms with Crippen LogP contribution in [0, 0.1) is 6.92 Å². The van der Waals surface area contributed by atoms with E-state index >= 15 is 0 Å². The van der Waals surface area contributed by atoms with Crippen LogP contribution in [0.4, 0.5) is 17.2 Å². The fourth-order valence-electron chi connectivity index (χ4n) is 2.58. The molecule has 3 rings (SSSR count). The van der Waals surface area contributed by atoms with Gasteiger partial charge in [-0.2, -0.15) is 0 Å². The quantitative estimate of drug-likeness (QED) is 0.561. The van der Waals surface area contributed by atoms with Gasteiger partial charge in [-0.05, 0) is 36.8 Å². The summed E-state index contributed by atoms with van der Waals surface area (Å²) >= 11 is 0. The third-order valence-electron chi connectivity index (χ3n) is 3.77. The third-order valence-corrected chi connectivity index (χ3v) is 4.38. The summed E-state index contributed by atoms with van der Waals surface area (Å²) in [5, 5.41) is 9.68. The SMILES string of the molecule is Cc1cc(NC(=O)C(Nc2ccc(NS(C)(=O)=O)cc2)c2ccccc2)no1. The van der Waals surface area contributed by atoms with Crippen molar-refractivity contribution in [3.63, 3.8) is 0 Å². The normalized spacial score (nSPS) is 12.2. The highest BCUT2D eigenvalue weighted by atomic mass is 32.2. The molecule has 0 saturated heterocycles. The van der Waals surface area contributed by atoms with E-state index in [0.717, 1.165) is 11.8 Å². The van der Waals surface area contributed by atoms with Gasteiger partial charge in [-0.25, -0.2) is 8.42 Å². The number of carbonyl (C=O) groups excluding carboxylic acids is 1. The van der Waals surface area contributed by atoms with Crippen molar-refractivity contribution in [3.05, 3.63) is 72.0 Å². The van der Waals surface area contributed by atoms with Crippen molar-refractivity contribution in [1.82, 2.24) is 5.16 Å². The standard InChI is InChI=1S/C19H20N4O4S/c1-13-12-17(22-27-13)21-19(24)18(14-6-4-3-5-7-14)20-15-8-10-16(11-9-15)23-28(2,25)26/h3-12,18,20,23H,1-2H3,(H,21,22,24). The molecule has 0 radical (unpaired) electrons. The fourth-order valence-corrected chi connectivity index (χ4v) is 3.15. The number of nitrogens with zero attached hydrogens (tertiary/aromatic N) is 1. The minimum atomic E-state index is -3.35. The van der Waals surface area contributed by atoms with Gasteiger partial charge in [0.05, 0.1) is 6.26 Å². The smallest absolute Gasteiger partial charge is 0.252 e. The Bertz CT molecular complexity index is 1050. The van der Waals surface area contributed by atoms with Crippen molar-refractivity contribution in [2.75, 3.05) is 21.6 Å². The molecule has 8 nitrogen and oxygen atoms in total. The summed E-state index contributed by atoms with van der Waals surface area (Å²) in [6, 6.07) is 16.8. The minimum absolute atomic E-state index is 0.308. The molecule has 1 atom stereocenters. The molecule has 1 heterocycles. The van der Waals surface area contributed by atoms with E-state index in [2.05, 4.69) is 20.5 Å². The Balaban J connectivity index is 1.80. The minimum Gasteiger partial charge on any atom is -0.370 e. The molecular weight excluding hydrogens is 380 g/mol. The van der Waals surface area contributed by atoms with Gasteiger partial charge in [0.2, 0.25) is 10.0 Å². The van der Waals surface area contributed by atoms with Gasteiger partial charge in [0.25, 0.3) is 5.91 Å². The molecule has 0 fully saturated rings. The number of benzene rings is 2. The number of nitrogens with one attached hydrogen (secondary N) is 3. The summed E-state index contributed by atoms with van der Waals surface area (Å²) in [6.07, 6.45) is 1.08. The van der Waals surface area contributed by atoms with Crippen LogP contribution in [0.25, 0.3) is 0 Å². The van der Waals surface area contributed by atoms with E-state index in [1.54, 1.807) is 37.3 Å². The lowest BCUT2D eigenvalue weighted by molar-refractivity contribution is -0.117. The molecule has 1 amide bonds. The van der Waals surface area contributed by atoms with Gasteiger partial charge in [-0.15, -0.1) is 0 Å². The van der Waals surface area contributed by atoms with Crippen molar-refractivity contribution >= 4 is 33.1 Å². The Hall–Kier alpha value is -3.33. The molecular formula is C19H20N4O4S. The van der Waals surface area contributed by atoms with Crippen LogP contribution in [0.3, 0.4) is 0 Å². The first-order valence-electron chi connectivity index (χ1n) is 8.44. The van der Waals surface area contributed by atoms with Gasteiger partial charge in [0.15, 0.2) is 5.82 Å². The number of anilines is 3. The Labute approximate surface area is 163 Å². The second-order valence-electron chi connectivity index (χ2n) is 6.25. The summed E-state index contributed by atoms with van der Waals surface area (Å²) in [7, 11) is -3.35. The zero-order valence-corrected chi connectivity index (χ0v) is 16.2. The molecule has 0 aliphatic carbocycles. The molecule has 0 saturated carbocycles. The van der Waals surface area contributed by atoms with Crippen molar-refractivity contribution in [1.29, 1.82) is 0 Å². The summed E-state index contributed by atoms with van der Waals surface area (Å²) < 4.78 is 30.0. The summed E-state index contributed by atoms with van der Waals surface area (Å²) in [5.74, 6) is 0.615. The Kier molecular flexibility index (Phi) is 5.65. The molecule has 0 bridgehead atoms. The monoisotopic (exact) mass is 400 g/mol. The maximum atomic E-state index is 12.8. The highest BCUT2D eigenvalue weighted by Gasteiger charge is 2.21. The van der Waals surface area contributed by atoms with Crippen LogP contribution in [0.2, 0.25) is 0 Å². The lowest BCUT2D eigenvalue weighted by atomic mass is 10.1. The number of sulfonamides is 1. The van der Waals surface area contributed by atoms with Gasteiger partial charge < -0.3 is 15.2 Å². The van der Waals surface area contributed by atoms with Crippen molar-refractivity contribution in [2.45, 2.75) is 13.0 Å². The van der Waals surface area contributed by atoms with Crippen LogP contribution in [-0.4, -0.2) is 25.7 Å². The average molecular weight is 400 g/mol. The lowest BCUT2D eigenvalue weighted by Crippen LogP contribution is -2.27. The van der Waals surface area contributed by atoms with E-state index in [9.17, 15) is 13.2 Å². The number of amides is 1. The van der Waals surface area contributed by atoms with Gasteiger partial charge in [-0.1, -0.05) is 35.5 Å². The number of hydrogen-bond donors (Lipinski definition) is 3. The second kappa shape index (κ2) is 8.13.